The number of benzene rings is 3. The molecule has 0 saturated heterocycles. The van der Waals surface area contributed by atoms with E-state index in [4.69, 9.17) is 4.74 Å². The molecule has 0 unspecified atom stereocenters. The van der Waals surface area contributed by atoms with E-state index in [1.807, 2.05) is 12.1 Å². The third-order valence-electron chi connectivity index (χ3n) is 5.20. The maximum absolute atomic E-state index is 12.9. The molecular formula is C26H25F3N2O4. The summed E-state index contributed by atoms with van der Waals surface area (Å²) in [4.78, 5) is 24.0. The zero-order valence-electron chi connectivity index (χ0n) is 19.2. The van der Waals surface area contributed by atoms with Crippen LogP contribution in [0.4, 0.5) is 23.7 Å². The molecule has 0 aliphatic heterocycles. The lowest BCUT2D eigenvalue weighted by Crippen LogP contribution is -2.25. The summed E-state index contributed by atoms with van der Waals surface area (Å²) in [5.41, 5.74) is 2.39. The monoisotopic (exact) mass is 486 g/mol. The van der Waals surface area contributed by atoms with Crippen molar-refractivity contribution in [1.82, 2.24) is 5.32 Å². The Morgan fingerprint density at radius 3 is 2.20 bits per heavy atom. The van der Waals surface area contributed by atoms with Crippen LogP contribution >= 0.6 is 0 Å². The molecular weight excluding hydrogens is 461 g/mol. The van der Waals surface area contributed by atoms with Crippen LogP contribution in [0.2, 0.25) is 0 Å². The number of hydrogen-bond donors (Lipinski definition) is 2. The van der Waals surface area contributed by atoms with Gasteiger partial charge in [-0.15, -0.1) is 0 Å². The van der Waals surface area contributed by atoms with E-state index in [1.165, 1.54) is 19.2 Å². The van der Waals surface area contributed by atoms with E-state index in [0.29, 0.717) is 35.5 Å². The largest absolute Gasteiger partial charge is 0.488 e. The number of alkyl halides is 3. The van der Waals surface area contributed by atoms with E-state index >= 15 is 0 Å². The van der Waals surface area contributed by atoms with Crippen LogP contribution in [0.1, 0.15) is 32.6 Å². The molecule has 0 radical (unpaired) electrons. The SMILES string of the molecule is COC(=O)NCCc1ccc(NC(=O)c2cccc(C)c2OCc2ccc(C(F)(F)F)cc2)cc1. The molecule has 3 aromatic rings. The molecule has 6 nitrogen and oxygen atoms in total. The molecule has 0 aromatic heterocycles. The van der Waals surface area contributed by atoms with Gasteiger partial charge in [-0.2, -0.15) is 13.2 Å². The molecule has 0 aliphatic rings. The molecule has 0 atom stereocenters. The highest BCUT2D eigenvalue weighted by Crippen LogP contribution is 2.30. The molecule has 184 valence electrons. The fourth-order valence-electron chi connectivity index (χ4n) is 3.30. The summed E-state index contributed by atoms with van der Waals surface area (Å²) >= 11 is 0. The first-order valence-electron chi connectivity index (χ1n) is 10.8. The second kappa shape index (κ2) is 11.4. The number of halogens is 3. The Balaban J connectivity index is 1.64. The van der Waals surface area contributed by atoms with Crippen LogP contribution in [0.3, 0.4) is 0 Å². The van der Waals surface area contributed by atoms with E-state index in [9.17, 15) is 22.8 Å². The maximum Gasteiger partial charge on any atom is 0.416 e. The molecule has 35 heavy (non-hydrogen) atoms. The zero-order chi connectivity index (χ0) is 25.4. The minimum Gasteiger partial charge on any atom is -0.488 e. The van der Waals surface area contributed by atoms with Crippen molar-refractivity contribution >= 4 is 17.7 Å². The van der Waals surface area contributed by atoms with Crippen molar-refractivity contribution in [3.8, 4) is 5.75 Å². The third kappa shape index (κ3) is 7.23. The zero-order valence-corrected chi connectivity index (χ0v) is 19.2. The lowest BCUT2D eigenvalue weighted by Gasteiger charge is -2.15. The average Bonchev–Trinajstić information content (AvgIpc) is 2.83. The Bertz CT molecular complexity index is 1160. The molecule has 0 spiro atoms. The van der Waals surface area contributed by atoms with Crippen molar-refractivity contribution in [2.45, 2.75) is 26.1 Å². The van der Waals surface area contributed by atoms with Gasteiger partial charge in [-0.3, -0.25) is 4.79 Å². The summed E-state index contributed by atoms with van der Waals surface area (Å²) in [6.45, 7) is 2.22. The van der Waals surface area contributed by atoms with Crippen molar-refractivity contribution in [1.29, 1.82) is 0 Å². The molecule has 0 fully saturated rings. The molecule has 3 aromatic carbocycles. The normalized spacial score (nSPS) is 11.0. The average molecular weight is 486 g/mol. The third-order valence-corrected chi connectivity index (χ3v) is 5.20. The van der Waals surface area contributed by atoms with Gasteiger partial charge >= 0.3 is 12.3 Å². The highest BCUT2D eigenvalue weighted by Gasteiger charge is 2.30. The number of hydrogen-bond acceptors (Lipinski definition) is 4. The molecule has 3 rings (SSSR count). The van der Waals surface area contributed by atoms with E-state index in [1.54, 1.807) is 37.3 Å². The molecule has 9 heteroatoms. The fourth-order valence-corrected chi connectivity index (χ4v) is 3.30. The van der Waals surface area contributed by atoms with Gasteiger partial charge in [0.15, 0.2) is 0 Å². The lowest BCUT2D eigenvalue weighted by molar-refractivity contribution is -0.137. The van der Waals surface area contributed by atoms with Gasteiger partial charge in [0, 0.05) is 12.2 Å². The van der Waals surface area contributed by atoms with Crippen molar-refractivity contribution < 1.29 is 32.2 Å². The van der Waals surface area contributed by atoms with Crippen LogP contribution in [-0.2, 0) is 23.9 Å². The Morgan fingerprint density at radius 1 is 0.914 bits per heavy atom. The predicted molar refractivity (Wildman–Crippen MR) is 125 cm³/mol. The molecule has 0 heterocycles. The number of carbonyl (C=O) groups is 2. The number of amides is 2. The molecule has 0 saturated carbocycles. The number of alkyl carbamates (subject to hydrolysis) is 1. The quantitative estimate of drug-likeness (QED) is 0.426. The maximum atomic E-state index is 12.9. The lowest BCUT2D eigenvalue weighted by atomic mass is 10.1. The van der Waals surface area contributed by atoms with E-state index in [-0.39, 0.29) is 12.5 Å². The summed E-state index contributed by atoms with van der Waals surface area (Å²) < 4.78 is 48.7. The molecule has 0 aliphatic carbocycles. The van der Waals surface area contributed by atoms with Crippen molar-refractivity contribution in [3.05, 3.63) is 94.5 Å². The highest BCUT2D eigenvalue weighted by atomic mass is 19.4. The van der Waals surface area contributed by atoms with Gasteiger partial charge in [0.05, 0.1) is 18.2 Å². The van der Waals surface area contributed by atoms with Crippen LogP contribution < -0.4 is 15.4 Å². The standard InChI is InChI=1S/C26H25F3N2O4/c1-17-4-3-5-22(23(17)35-16-19-6-10-20(11-7-19)26(27,28)29)24(32)31-21-12-8-18(9-13-21)14-15-30-25(33)34-2/h3-13H,14-16H2,1-2H3,(H,30,33)(H,31,32). The summed E-state index contributed by atoms with van der Waals surface area (Å²) in [6.07, 6.45) is -4.30. The fraction of sp³-hybridized carbons (Fsp3) is 0.231. The second-order valence-electron chi connectivity index (χ2n) is 7.75. The number of methoxy groups -OCH3 is 1. The Morgan fingerprint density at radius 2 is 1.57 bits per heavy atom. The number of rotatable bonds is 8. The summed E-state index contributed by atoms with van der Waals surface area (Å²) in [6, 6.07) is 17.0. The number of para-hydroxylation sites is 1. The van der Waals surface area contributed by atoms with Gasteiger partial charge in [-0.1, -0.05) is 36.4 Å². The van der Waals surface area contributed by atoms with Gasteiger partial charge in [-0.05, 0) is 60.4 Å². The minimum absolute atomic E-state index is 0.0115. The van der Waals surface area contributed by atoms with Gasteiger partial charge in [0.2, 0.25) is 0 Å². The van der Waals surface area contributed by atoms with Gasteiger partial charge < -0.3 is 20.1 Å². The van der Waals surface area contributed by atoms with Gasteiger partial charge in [-0.25, -0.2) is 4.79 Å². The summed E-state index contributed by atoms with van der Waals surface area (Å²) in [5.74, 6) is -0.0216. The first-order valence-corrected chi connectivity index (χ1v) is 10.8. The highest BCUT2D eigenvalue weighted by molar-refractivity contribution is 6.06. The number of ether oxygens (including phenoxy) is 2. The summed E-state index contributed by atoms with van der Waals surface area (Å²) in [7, 11) is 1.30. The van der Waals surface area contributed by atoms with Crippen LogP contribution in [0, 0.1) is 6.92 Å². The molecule has 2 N–H and O–H groups in total. The van der Waals surface area contributed by atoms with E-state index in [2.05, 4.69) is 15.4 Å². The Kier molecular flexibility index (Phi) is 8.35. The van der Waals surface area contributed by atoms with Crippen molar-refractivity contribution in [2.75, 3.05) is 19.0 Å². The molecule has 2 amide bonds. The topological polar surface area (TPSA) is 76.7 Å². The van der Waals surface area contributed by atoms with Crippen molar-refractivity contribution in [3.63, 3.8) is 0 Å². The number of aryl methyl sites for hydroxylation is 1. The van der Waals surface area contributed by atoms with E-state index in [0.717, 1.165) is 23.3 Å². The minimum atomic E-state index is -4.40. The predicted octanol–water partition coefficient (Wildman–Crippen LogP) is 5.74. The van der Waals surface area contributed by atoms with Crippen LogP contribution in [0.15, 0.2) is 66.7 Å². The van der Waals surface area contributed by atoms with Gasteiger partial charge in [0.1, 0.15) is 12.4 Å². The Hall–Kier alpha value is -4.01. The summed E-state index contributed by atoms with van der Waals surface area (Å²) in [5, 5.41) is 5.42. The van der Waals surface area contributed by atoms with Crippen molar-refractivity contribution in [2.24, 2.45) is 0 Å². The number of nitrogens with one attached hydrogen (secondary N) is 2. The smallest absolute Gasteiger partial charge is 0.416 e. The first-order chi connectivity index (χ1) is 16.7. The number of anilines is 1. The molecule has 0 bridgehead atoms. The van der Waals surface area contributed by atoms with Gasteiger partial charge in [0.25, 0.3) is 5.91 Å². The van der Waals surface area contributed by atoms with Crippen LogP contribution in [0.25, 0.3) is 0 Å². The van der Waals surface area contributed by atoms with Crippen LogP contribution in [-0.4, -0.2) is 25.7 Å². The van der Waals surface area contributed by atoms with E-state index < -0.39 is 17.8 Å². The number of carbonyl (C=O) groups excluding carboxylic acids is 2. The Labute approximate surface area is 201 Å². The first kappa shape index (κ1) is 25.6. The van der Waals surface area contributed by atoms with Crippen LogP contribution in [0.5, 0.6) is 5.75 Å². The second-order valence-corrected chi connectivity index (χ2v) is 7.75.